The monoisotopic (exact) mass is 359 g/mol. The van der Waals surface area contributed by atoms with Gasteiger partial charge in [0.05, 0.1) is 0 Å². The number of carbonyl (C=O) groups excluding carboxylic acids is 1. The molecule has 3 aliphatic rings. The van der Waals surface area contributed by atoms with Gasteiger partial charge in [0.2, 0.25) is 12.7 Å². The first-order valence-corrected chi connectivity index (χ1v) is 7.67. The molecule has 6 heteroatoms. The van der Waals surface area contributed by atoms with Crippen molar-refractivity contribution in [1.29, 1.82) is 0 Å². The Morgan fingerprint density at radius 2 is 1.91 bits per heavy atom. The van der Waals surface area contributed by atoms with E-state index < -0.39 is 5.41 Å². The molecule has 3 aliphatic heterocycles. The van der Waals surface area contributed by atoms with E-state index in [4.69, 9.17) is 14.2 Å². The van der Waals surface area contributed by atoms with Crippen molar-refractivity contribution in [3.05, 3.63) is 45.9 Å². The highest BCUT2D eigenvalue weighted by molar-refractivity contribution is 9.10. The Morgan fingerprint density at radius 3 is 2.77 bits per heavy atom. The Labute approximate surface area is 134 Å². The average Bonchev–Trinajstić information content (AvgIpc) is 3.16. The van der Waals surface area contributed by atoms with Crippen LogP contribution in [0.25, 0.3) is 0 Å². The molecule has 1 amide bonds. The third-order valence-electron chi connectivity index (χ3n) is 4.45. The fraction of sp³-hybridized carbons (Fsp3) is 0.188. The number of anilines is 1. The molecule has 0 bridgehead atoms. The Morgan fingerprint density at radius 1 is 1.09 bits per heavy atom. The van der Waals surface area contributed by atoms with E-state index in [1.807, 2.05) is 24.3 Å². The van der Waals surface area contributed by atoms with Crippen LogP contribution >= 0.6 is 15.9 Å². The summed E-state index contributed by atoms with van der Waals surface area (Å²) in [5.74, 6) is 1.90. The lowest BCUT2D eigenvalue weighted by Crippen LogP contribution is -2.37. The van der Waals surface area contributed by atoms with Crippen LogP contribution in [-0.2, 0) is 10.2 Å². The minimum atomic E-state index is -0.842. The number of hydrogen-bond acceptors (Lipinski definition) is 4. The highest BCUT2D eigenvalue weighted by atomic mass is 79.9. The maximum Gasteiger partial charge on any atom is 0.243 e. The van der Waals surface area contributed by atoms with Crippen molar-refractivity contribution in [2.75, 3.05) is 18.7 Å². The summed E-state index contributed by atoms with van der Waals surface area (Å²) in [6.45, 7) is 0.463. The van der Waals surface area contributed by atoms with E-state index in [-0.39, 0.29) is 19.3 Å². The van der Waals surface area contributed by atoms with Crippen LogP contribution < -0.4 is 19.5 Å². The SMILES string of the molecule is O=C1Nc2cccc(Br)c2C12COc1cc3c(cc12)OCO3. The fourth-order valence-electron chi connectivity index (χ4n) is 3.44. The highest BCUT2D eigenvalue weighted by Crippen LogP contribution is 2.54. The van der Waals surface area contributed by atoms with Crippen LogP contribution in [0.1, 0.15) is 11.1 Å². The molecule has 1 unspecified atom stereocenters. The van der Waals surface area contributed by atoms with Crippen LogP contribution in [0.3, 0.4) is 0 Å². The van der Waals surface area contributed by atoms with E-state index >= 15 is 0 Å². The Balaban J connectivity index is 1.81. The highest BCUT2D eigenvalue weighted by Gasteiger charge is 2.55. The van der Waals surface area contributed by atoms with Gasteiger partial charge in [0.15, 0.2) is 11.5 Å². The van der Waals surface area contributed by atoms with Gasteiger partial charge in [-0.2, -0.15) is 0 Å². The first-order valence-electron chi connectivity index (χ1n) is 6.87. The number of ether oxygens (including phenoxy) is 3. The summed E-state index contributed by atoms with van der Waals surface area (Å²) in [7, 11) is 0. The van der Waals surface area contributed by atoms with Crippen LogP contribution in [0.5, 0.6) is 17.2 Å². The van der Waals surface area contributed by atoms with Crippen molar-refractivity contribution in [2.24, 2.45) is 0 Å². The third-order valence-corrected chi connectivity index (χ3v) is 5.12. The smallest absolute Gasteiger partial charge is 0.243 e. The minimum absolute atomic E-state index is 0.0768. The van der Waals surface area contributed by atoms with Crippen LogP contribution in [0.2, 0.25) is 0 Å². The summed E-state index contributed by atoms with van der Waals surface area (Å²) in [5.41, 5.74) is 1.71. The molecular weight excluding hydrogens is 350 g/mol. The van der Waals surface area contributed by atoms with E-state index in [1.165, 1.54) is 0 Å². The van der Waals surface area contributed by atoms with E-state index in [1.54, 1.807) is 6.07 Å². The quantitative estimate of drug-likeness (QED) is 0.785. The molecule has 110 valence electrons. The van der Waals surface area contributed by atoms with E-state index in [9.17, 15) is 4.79 Å². The molecule has 0 saturated heterocycles. The Hall–Kier alpha value is -2.21. The number of fused-ring (bicyclic) bond motifs is 5. The van der Waals surface area contributed by atoms with Gasteiger partial charge in [-0.3, -0.25) is 4.79 Å². The van der Waals surface area contributed by atoms with E-state index in [0.717, 1.165) is 21.3 Å². The minimum Gasteiger partial charge on any atom is -0.491 e. The second-order valence-corrected chi connectivity index (χ2v) is 6.37. The predicted molar refractivity (Wildman–Crippen MR) is 81.6 cm³/mol. The van der Waals surface area contributed by atoms with Crippen LogP contribution in [0.4, 0.5) is 5.69 Å². The second-order valence-electron chi connectivity index (χ2n) is 5.51. The molecule has 5 nitrogen and oxygen atoms in total. The Bertz CT molecular complexity index is 850. The van der Waals surface area contributed by atoms with Crippen LogP contribution in [-0.4, -0.2) is 19.3 Å². The number of halogens is 1. The first kappa shape index (κ1) is 12.3. The molecule has 1 atom stereocenters. The number of hydrogen-bond donors (Lipinski definition) is 1. The third kappa shape index (κ3) is 1.31. The lowest BCUT2D eigenvalue weighted by molar-refractivity contribution is -0.119. The average molecular weight is 360 g/mol. The molecule has 0 aromatic heterocycles. The molecule has 3 heterocycles. The van der Waals surface area contributed by atoms with E-state index in [2.05, 4.69) is 21.2 Å². The second kappa shape index (κ2) is 3.95. The number of amides is 1. The number of benzene rings is 2. The fourth-order valence-corrected chi connectivity index (χ4v) is 4.14. The van der Waals surface area contributed by atoms with Gasteiger partial charge < -0.3 is 19.5 Å². The zero-order valence-electron chi connectivity index (χ0n) is 11.3. The predicted octanol–water partition coefficient (Wildman–Crippen LogP) is 2.81. The molecule has 1 N–H and O–H groups in total. The lowest BCUT2D eigenvalue weighted by Gasteiger charge is -2.21. The molecule has 0 saturated carbocycles. The molecule has 22 heavy (non-hydrogen) atoms. The van der Waals surface area contributed by atoms with Crippen molar-refractivity contribution >= 4 is 27.5 Å². The molecule has 2 aromatic carbocycles. The molecule has 0 radical (unpaired) electrons. The lowest BCUT2D eigenvalue weighted by atomic mass is 9.77. The van der Waals surface area contributed by atoms with Crippen molar-refractivity contribution in [2.45, 2.75) is 5.41 Å². The summed E-state index contributed by atoms with van der Waals surface area (Å²) < 4.78 is 17.6. The van der Waals surface area contributed by atoms with Gasteiger partial charge in [-0.15, -0.1) is 0 Å². The zero-order chi connectivity index (χ0) is 14.9. The van der Waals surface area contributed by atoms with Crippen molar-refractivity contribution < 1.29 is 19.0 Å². The maximum absolute atomic E-state index is 12.8. The van der Waals surface area contributed by atoms with Gasteiger partial charge in [0.25, 0.3) is 0 Å². The summed E-state index contributed by atoms with van der Waals surface area (Å²) >= 11 is 3.57. The summed E-state index contributed by atoms with van der Waals surface area (Å²) in [6.07, 6.45) is 0. The molecule has 5 rings (SSSR count). The van der Waals surface area contributed by atoms with Crippen molar-refractivity contribution in [3.8, 4) is 17.2 Å². The van der Waals surface area contributed by atoms with Gasteiger partial charge in [-0.05, 0) is 18.2 Å². The van der Waals surface area contributed by atoms with Gasteiger partial charge in [-0.1, -0.05) is 22.0 Å². The zero-order valence-corrected chi connectivity index (χ0v) is 12.9. The molecule has 1 spiro atoms. The van der Waals surface area contributed by atoms with Crippen LogP contribution in [0.15, 0.2) is 34.8 Å². The topological polar surface area (TPSA) is 56.8 Å². The molecular formula is C16H10BrNO4. The summed E-state index contributed by atoms with van der Waals surface area (Å²) in [6, 6.07) is 9.40. The van der Waals surface area contributed by atoms with Gasteiger partial charge >= 0.3 is 0 Å². The Kier molecular flexibility index (Phi) is 2.22. The number of nitrogens with one attached hydrogen (secondary N) is 1. The van der Waals surface area contributed by atoms with Crippen molar-refractivity contribution in [1.82, 2.24) is 0 Å². The number of carbonyl (C=O) groups is 1. The van der Waals surface area contributed by atoms with Crippen molar-refractivity contribution in [3.63, 3.8) is 0 Å². The van der Waals surface area contributed by atoms with Gasteiger partial charge in [-0.25, -0.2) is 0 Å². The standard InChI is InChI=1S/C16H10BrNO4/c17-9-2-1-3-10-14(9)16(15(19)18-10)6-20-11-5-13-12(4-8(11)16)21-7-22-13/h1-5H,6-7H2,(H,18,19). The van der Waals surface area contributed by atoms with Gasteiger partial charge in [0.1, 0.15) is 17.8 Å². The maximum atomic E-state index is 12.8. The molecule has 0 fully saturated rings. The van der Waals surface area contributed by atoms with Gasteiger partial charge in [0, 0.05) is 27.4 Å². The normalized spacial score (nSPS) is 23.2. The first-order chi connectivity index (χ1) is 10.7. The number of rotatable bonds is 0. The molecule has 0 aliphatic carbocycles. The van der Waals surface area contributed by atoms with Crippen LogP contribution in [0, 0.1) is 0 Å². The summed E-state index contributed by atoms with van der Waals surface area (Å²) in [5, 5.41) is 2.96. The van der Waals surface area contributed by atoms with E-state index in [0.29, 0.717) is 17.2 Å². The summed E-state index contributed by atoms with van der Waals surface area (Å²) in [4.78, 5) is 12.8. The largest absolute Gasteiger partial charge is 0.491 e. The molecule has 2 aromatic rings.